The molecule has 0 aliphatic heterocycles. The SMILES string of the molecule is C=C1/C=C\C=C/Cc2ccccc2C1C(=O)NCCN. The number of hydrogen-bond acceptors (Lipinski definition) is 2. The molecule has 1 aliphatic carbocycles. The fourth-order valence-corrected chi connectivity index (χ4v) is 2.36. The Morgan fingerprint density at radius 1 is 1.35 bits per heavy atom. The van der Waals surface area contributed by atoms with Gasteiger partial charge in [-0.2, -0.15) is 0 Å². The Balaban J connectivity index is 2.40. The topological polar surface area (TPSA) is 55.1 Å². The number of nitrogens with two attached hydrogens (primary N) is 1. The van der Waals surface area contributed by atoms with E-state index in [2.05, 4.69) is 24.0 Å². The second-order valence-corrected chi connectivity index (χ2v) is 4.78. The van der Waals surface area contributed by atoms with Crippen LogP contribution in [0, 0.1) is 0 Å². The Morgan fingerprint density at radius 2 is 2.15 bits per heavy atom. The van der Waals surface area contributed by atoms with E-state index in [1.807, 2.05) is 36.4 Å². The number of amides is 1. The molecule has 1 unspecified atom stereocenters. The minimum Gasteiger partial charge on any atom is -0.354 e. The van der Waals surface area contributed by atoms with Crippen LogP contribution >= 0.6 is 0 Å². The smallest absolute Gasteiger partial charge is 0.232 e. The number of fused-ring (bicyclic) bond motifs is 1. The molecule has 1 amide bonds. The first-order chi connectivity index (χ1) is 9.74. The highest BCUT2D eigenvalue weighted by Crippen LogP contribution is 2.29. The second kappa shape index (κ2) is 6.87. The van der Waals surface area contributed by atoms with Crippen LogP contribution in [0.5, 0.6) is 0 Å². The Kier molecular flexibility index (Phi) is 4.91. The first kappa shape index (κ1) is 14.3. The highest BCUT2D eigenvalue weighted by atomic mass is 16.1. The highest BCUT2D eigenvalue weighted by Gasteiger charge is 2.24. The van der Waals surface area contributed by atoms with E-state index in [0.29, 0.717) is 13.1 Å². The first-order valence-electron chi connectivity index (χ1n) is 6.81. The maximum absolute atomic E-state index is 12.4. The third kappa shape index (κ3) is 3.25. The van der Waals surface area contributed by atoms with E-state index < -0.39 is 0 Å². The summed E-state index contributed by atoms with van der Waals surface area (Å²) in [5, 5.41) is 2.86. The van der Waals surface area contributed by atoms with Crippen molar-refractivity contribution in [3.8, 4) is 0 Å². The van der Waals surface area contributed by atoms with Crippen LogP contribution in [0.15, 0.2) is 60.7 Å². The molecular formula is C17H20N2O. The van der Waals surface area contributed by atoms with Gasteiger partial charge in [-0.05, 0) is 23.1 Å². The molecule has 0 bridgehead atoms. The van der Waals surface area contributed by atoms with Gasteiger partial charge in [-0.25, -0.2) is 0 Å². The van der Waals surface area contributed by atoms with Crippen molar-refractivity contribution in [1.29, 1.82) is 0 Å². The predicted octanol–water partition coefficient (Wildman–Crippen LogP) is 2.07. The molecule has 20 heavy (non-hydrogen) atoms. The molecule has 3 heteroatoms. The molecule has 3 nitrogen and oxygen atoms in total. The maximum Gasteiger partial charge on any atom is 0.232 e. The third-order valence-electron chi connectivity index (χ3n) is 3.34. The lowest BCUT2D eigenvalue weighted by Crippen LogP contribution is -2.34. The van der Waals surface area contributed by atoms with E-state index in [1.165, 1.54) is 0 Å². The number of carbonyl (C=O) groups is 1. The number of carbonyl (C=O) groups excluding carboxylic acids is 1. The van der Waals surface area contributed by atoms with Gasteiger partial charge in [-0.3, -0.25) is 4.79 Å². The average Bonchev–Trinajstić information content (AvgIpc) is 2.53. The van der Waals surface area contributed by atoms with Gasteiger partial charge < -0.3 is 11.1 Å². The van der Waals surface area contributed by atoms with Crippen LogP contribution in [0.1, 0.15) is 17.0 Å². The summed E-state index contributed by atoms with van der Waals surface area (Å²) in [6.07, 6.45) is 8.71. The van der Waals surface area contributed by atoms with Crippen molar-refractivity contribution in [1.82, 2.24) is 5.32 Å². The first-order valence-corrected chi connectivity index (χ1v) is 6.81. The van der Waals surface area contributed by atoms with Crippen LogP contribution < -0.4 is 11.1 Å². The molecule has 0 radical (unpaired) electrons. The third-order valence-corrected chi connectivity index (χ3v) is 3.34. The minimum absolute atomic E-state index is 0.0422. The summed E-state index contributed by atoms with van der Waals surface area (Å²) in [6.45, 7) is 4.97. The molecule has 0 aromatic heterocycles. The molecule has 0 fully saturated rings. The van der Waals surface area contributed by atoms with Crippen molar-refractivity contribution in [3.63, 3.8) is 0 Å². The molecule has 1 aliphatic rings. The van der Waals surface area contributed by atoms with Gasteiger partial charge in [-0.1, -0.05) is 55.1 Å². The van der Waals surface area contributed by atoms with Gasteiger partial charge in [0.2, 0.25) is 5.91 Å². The van der Waals surface area contributed by atoms with Crippen molar-refractivity contribution < 1.29 is 4.79 Å². The lowest BCUT2D eigenvalue weighted by atomic mass is 9.87. The minimum atomic E-state index is -0.353. The number of benzene rings is 1. The molecular weight excluding hydrogens is 248 g/mol. The summed E-state index contributed by atoms with van der Waals surface area (Å²) in [7, 11) is 0. The monoisotopic (exact) mass is 268 g/mol. The van der Waals surface area contributed by atoms with Crippen molar-refractivity contribution in [2.45, 2.75) is 12.3 Å². The molecule has 0 heterocycles. The van der Waals surface area contributed by atoms with Gasteiger partial charge in [0.15, 0.2) is 0 Å². The van der Waals surface area contributed by atoms with Crippen molar-refractivity contribution >= 4 is 5.91 Å². The average molecular weight is 268 g/mol. The van der Waals surface area contributed by atoms with Gasteiger partial charge in [0.1, 0.15) is 0 Å². The quantitative estimate of drug-likeness (QED) is 0.881. The van der Waals surface area contributed by atoms with Crippen LogP contribution in [0.25, 0.3) is 0 Å². The summed E-state index contributed by atoms with van der Waals surface area (Å²) < 4.78 is 0. The van der Waals surface area contributed by atoms with E-state index in [9.17, 15) is 4.79 Å². The van der Waals surface area contributed by atoms with E-state index in [-0.39, 0.29) is 11.8 Å². The lowest BCUT2D eigenvalue weighted by molar-refractivity contribution is -0.121. The largest absolute Gasteiger partial charge is 0.354 e. The van der Waals surface area contributed by atoms with Crippen LogP contribution in [0.4, 0.5) is 0 Å². The van der Waals surface area contributed by atoms with Crippen molar-refractivity contribution in [2.75, 3.05) is 13.1 Å². The second-order valence-electron chi connectivity index (χ2n) is 4.78. The molecule has 0 spiro atoms. The van der Waals surface area contributed by atoms with Gasteiger partial charge in [-0.15, -0.1) is 0 Å². The lowest BCUT2D eigenvalue weighted by Gasteiger charge is -2.20. The fourth-order valence-electron chi connectivity index (χ4n) is 2.36. The Labute approximate surface area is 119 Å². The van der Waals surface area contributed by atoms with Crippen LogP contribution in [0.3, 0.4) is 0 Å². The van der Waals surface area contributed by atoms with Crippen LogP contribution in [0.2, 0.25) is 0 Å². The molecule has 104 valence electrons. The highest BCUT2D eigenvalue weighted by molar-refractivity contribution is 5.88. The number of rotatable bonds is 3. The Morgan fingerprint density at radius 3 is 2.95 bits per heavy atom. The fraction of sp³-hybridized carbons (Fsp3) is 0.235. The van der Waals surface area contributed by atoms with Gasteiger partial charge in [0.25, 0.3) is 0 Å². The zero-order valence-corrected chi connectivity index (χ0v) is 11.5. The molecule has 1 aromatic carbocycles. The molecule has 1 atom stereocenters. The number of nitrogens with one attached hydrogen (secondary N) is 1. The van der Waals surface area contributed by atoms with E-state index in [0.717, 1.165) is 23.1 Å². The van der Waals surface area contributed by atoms with E-state index in [1.54, 1.807) is 0 Å². The van der Waals surface area contributed by atoms with E-state index in [4.69, 9.17) is 5.73 Å². The molecule has 0 saturated heterocycles. The zero-order valence-electron chi connectivity index (χ0n) is 11.5. The molecule has 0 saturated carbocycles. The zero-order chi connectivity index (χ0) is 14.4. The number of hydrogen-bond donors (Lipinski definition) is 2. The molecule has 3 N–H and O–H groups in total. The normalized spacial score (nSPS) is 21.1. The van der Waals surface area contributed by atoms with Crippen molar-refractivity contribution in [3.05, 3.63) is 71.8 Å². The Bertz CT molecular complexity index is 558. The summed E-state index contributed by atoms with van der Waals surface area (Å²) in [5.74, 6) is -0.395. The maximum atomic E-state index is 12.4. The van der Waals surface area contributed by atoms with Crippen LogP contribution in [-0.2, 0) is 11.2 Å². The van der Waals surface area contributed by atoms with Gasteiger partial charge >= 0.3 is 0 Å². The Hall–Kier alpha value is -2.13. The summed E-state index contributed by atoms with van der Waals surface area (Å²) >= 11 is 0. The predicted molar refractivity (Wildman–Crippen MR) is 82.4 cm³/mol. The standard InChI is InChI=1S/C17H20N2O/c1-13-7-3-2-4-8-14-9-5-6-10-15(14)16(13)17(20)19-12-11-18/h2-7,9-10,16H,1,8,11-12,18H2,(H,19,20)/b4-2-,7-3-. The summed E-state index contributed by atoms with van der Waals surface area (Å²) in [5.41, 5.74) is 8.42. The molecule has 2 rings (SSSR count). The van der Waals surface area contributed by atoms with Gasteiger partial charge in [0.05, 0.1) is 5.92 Å². The molecule has 1 aromatic rings. The van der Waals surface area contributed by atoms with Crippen LogP contribution in [-0.4, -0.2) is 19.0 Å². The van der Waals surface area contributed by atoms with Gasteiger partial charge in [0, 0.05) is 13.1 Å². The van der Waals surface area contributed by atoms with E-state index >= 15 is 0 Å². The number of allylic oxidation sites excluding steroid dienone is 4. The summed E-state index contributed by atoms with van der Waals surface area (Å²) in [6, 6.07) is 8.01. The van der Waals surface area contributed by atoms with Crippen molar-refractivity contribution in [2.24, 2.45) is 5.73 Å². The summed E-state index contributed by atoms with van der Waals surface area (Å²) in [4.78, 5) is 12.4.